The van der Waals surface area contributed by atoms with E-state index in [0.717, 1.165) is 30.9 Å². The first-order chi connectivity index (χ1) is 8.06. The number of carbonyl (C=O) groups is 1. The number of hydrogen-bond acceptors (Lipinski definition) is 2. The summed E-state index contributed by atoms with van der Waals surface area (Å²) in [7, 11) is 1.85. The highest BCUT2D eigenvalue weighted by Gasteiger charge is 2.21. The number of carbonyl (C=O) groups excluding carboxylic acids is 1. The van der Waals surface area contributed by atoms with Gasteiger partial charge in [0.15, 0.2) is 0 Å². The highest BCUT2D eigenvalue weighted by Crippen LogP contribution is 2.18. The van der Waals surface area contributed by atoms with E-state index in [2.05, 4.69) is 17.3 Å². The molecule has 1 atom stereocenters. The van der Waals surface area contributed by atoms with Crippen molar-refractivity contribution in [3.05, 3.63) is 11.9 Å². The minimum absolute atomic E-state index is 0.00681. The number of likely N-dealkylation sites (tertiary alicyclic amines) is 1. The van der Waals surface area contributed by atoms with E-state index in [4.69, 9.17) is 0 Å². The summed E-state index contributed by atoms with van der Waals surface area (Å²) in [6.45, 7) is 5.80. The molecule has 0 saturated carbocycles. The van der Waals surface area contributed by atoms with Gasteiger partial charge in [-0.05, 0) is 25.7 Å². The van der Waals surface area contributed by atoms with E-state index < -0.39 is 0 Å². The zero-order valence-corrected chi connectivity index (χ0v) is 10.7. The van der Waals surface area contributed by atoms with Crippen molar-refractivity contribution in [3.63, 3.8) is 0 Å². The van der Waals surface area contributed by atoms with Gasteiger partial charge in [0.25, 0.3) is 0 Å². The maximum absolute atomic E-state index is 12.1. The molecule has 2 heterocycles. The third kappa shape index (κ3) is 2.78. The Hall–Kier alpha value is -1.52. The molecule has 1 saturated heterocycles. The Labute approximate surface area is 102 Å². The molecular weight excluding hydrogens is 216 g/mol. The fourth-order valence-corrected chi connectivity index (χ4v) is 2.29. The summed E-state index contributed by atoms with van der Waals surface area (Å²) in [4.78, 5) is 13.9. The molecule has 5 heteroatoms. The molecule has 0 spiro atoms. The Balaban J connectivity index is 1.99. The highest BCUT2D eigenvalue weighted by molar-refractivity contribution is 5.89. The van der Waals surface area contributed by atoms with Gasteiger partial charge < -0.3 is 10.2 Å². The predicted octanol–water partition coefficient (Wildman–Crippen LogP) is 1.99. The monoisotopic (exact) mass is 236 g/mol. The van der Waals surface area contributed by atoms with E-state index in [-0.39, 0.29) is 6.03 Å². The molecule has 1 aromatic rings. The smallest absolute Gasteiger partial charge is 0.321 e. The molecule has 94 valence electrons. The van der Waals surface area contributed by atoms with Gasteiger partial charge in [-0.1, -0.05) is 6.92 Å². The molecule has 2 amide bonds. The number of rotatable bonds is 1. The number of nitrogens with one attached hydrogen (secondary N) is 1. The average Bonchev–Trinajstić information content (AvgIpc) is 2.57. The SMILES string of the molecule is Cc1nn(C)cc1NC(=O)N1CCC[C@H](C)C1. The maximum Gasteiger partial charge on any atom is 0.321 e. The predicted molar refractivity (Wildman–Crippen MR) is 66.9 cm³/mol. The first-order valence-electron chi connectivity index (χ1n) is 6.12. The Kier molecular flexibility index (Phi) is 3.36. The van der Waals surface area contributed by atoms with Gasteiger partial charge in [-0.3, -0.25) is 4.68 Å². The summed E-state index contributed by atoms with van der Waals surface area (Å²) in [6, 6.07) is -0.00681. The van der Waals surface area contributed by atoms with Gasteiger partial charge in [-0.2, -0.15) is 5.10 Å². The summed E-state index contributed by atoms with van der Waals surface area (Å²) in [5, 5.41) is 7.13. The average molecular weight is 236 g/mol. The minimum Gasteiger partial charge on any atom is -0.324 e. The molecule has 1 aromatic heterocycles. The zero-order chi connectivity index (χ0) is 12.4. The zero-order valence-electron chi connectivity index (χ0n) is 10.7. The summed E-state index contributed by atoms with van der Waals surface area (Å²) in [6.07, 6.45) is 4.15. The van der Waals surface area contributed by atoms with Crippen LogP contribution in [0.3, 0.4) is 0 Å². The van der Waals surface area contributed by atoms with Gasteiger partial charge in [-0.25, -0.2) is 4.79 Å². The Morgan fingerprint density at radius 2 is 2.35 bits per heavy atom. The van der Waals surface area contributed by atoms with Crippen LogP contribution in [0.5, 0.6) is 0 Å². The Morgan fingerprint density at radius 1 is 1.59 bits per heavy atom. The molecule has 1 N–H and O–H groups in total. The van der Waals surface area contributed by atoms with Crippen LogP contribution in [0.15, 0.2) is 6.20 Å². The van der Waals surface area contributed by atoms with E-state index in [9.17, 15) is 4.79 Å². The number of aryl methyl sites for hydroxylation is 2. The van der Waals surface area contributed by atoms with Crippen molar-refractivity contribution in [2.24, 2.45) is 13.0 Å². The van der Waals surface area contributed by atoms with Crippen molar-refractivity contribution in [1.82, 2.24) is 14.7 Å². The number of urea groups is 1. The molecule has 5 nitrogen and oxygen atoms in total. The van der Waals surface area contributed by atoms with Crippen LogP contribution in [0.4, 0.5) is 10.5 Å². The van der Waals surface area contributed by atoms with Crippen molar-refractivity contribution >= 4 is 11.7 Å². The number of aromatic nitrogens is 2. The third-order valence-electron chi connectivity index (χ3n) is 3.20. The maximum atomic E-state index is 12.1. The normalized spacial score (nSPS) is 20.4. The van der Waals surface area contributed by atoms with Gasteiger partial charge in [0.1, 0.15) is 0 Å². The molecule has 1 aliphatic heterocycles. The summed E-state index contributed by atoms with van der Waals surface area (Å²) >= 11 is 0. The fraction of sp³-hybridized carbons (Fsp3) is 0.667. The lowest BCUT2D eigenvalue weighted by Gasteiger charge is -2.30. The van der Waals surface area contributed by atoms with E-state index in [0.29, 0.717) is 5.92 Å². The molecule has 0 aliphatic carbocycles. The van der Waals surface area contributed by atoms with Gasteiger partial charge in [0.2, 0.25) is 0 Å². The molecular formula is C12H20N4O. The molecule has 1 fully saturated rings. The number of amides is 2. The second-order valence-electron chi connectivity index (χ2n) is 4.93. The first kappa shape index (κ1) is 12.0. The molecule has 0 radical (unpaired) electrons. The van der Waals surface area contributed by atoms with E-state index >= 15 is 0 Å². The Bertz CT molecular complexity index is 413. The van der Waals surface area contributed by atoms with Crippen LogP contribution in [-0.2, 0) is 7.05 Å². The summed E-state index contributed by atoms with van der Waals surface area (Å²) in [5.74, 6) is 0.601. The van der Waals surface area contributed by atoms with Gasteiger partial charge in [0, 0.05) is 26.3 Å². The number of nitrogens with zero attached hydrogens (tertiary/aromatic N) is 3. The number of hydrogen-bond donors (Lipinski definition) is 1. The molecule has 2 rings (SSSR count). The second-order valence-corrected chi connectivity index (χ2v) is 4.93. The van der Waals surface area contributed by atoms with Crippen LogP contribution in [-0.4, -0.2) is 33.8 Å². The summed E-state index contributed by atoms with van der Waals surface area (Å²) < 4.78 is 1.71. The van der Waals surface area contributed by atoms with Crippen molar-refractivity contribution in [2.45, 2.75) is 26.7 Å². The van der Waals surface area contributed by atoms with Crippen molar-refractivity contribution in [1.29, 1.82) is 0 Å². The molecule has 0 bridgehead atoms. The van der Waals surface area contributed by atoms with Crippen molar-refractivity contribution in [2.75, 3.05) is 18.4 Å². The van der Waals surface area contributed by atoms with E-state index in [1.807, 2.05) is 25.1 Å². The molecule has 1 aliphatic rings. The van der Waals surface area contributed by atoms with Crippen molar-refractivity contribution in [3.8, 4) is 0 Å². The van der Waals surface area contributed by atoms with Crippen LogP contribution in [0.2, 0.25) is 0 Å². The van der Waals surface area contributed by atoms with E-state index in [1.165, 1.54) is 6.42 Å². The largest absolute Gasteiger partial charge is 0.324 e. The van der Waals surface area contributed by atoms with Gasteiger partial charge >= 0.3 is 6.03 Å². The topological polar surface area (TPSA) is 50.2 Å². The Morgan fingerprint density at radius 3 is 2.94 bits per heavy atom. The van der Waals surface area contributed by atoms with Crippen LogP contribution < -0.4 is 5.32 Å². The van der Waals surface area contributed by atoms with Crippen LogP contribution in [0.25, 0.3) is 0 Å². The van der Waals surface area contributed by atoms with E-state index in [1.54, 1.807) is 4.68 Å². The molecule has 17 heavy (non-hydrogen) atoms. The lowest BCUT2D eigenvalue weighted by Crippen LogP contribution is -2.41. The quantitative estimate of drug-likeness (QED) is 0.810. The molecule has 0 aromatic carbocycles. The van der Waals surface area contributed by atoms with Gasteiger partial charge in [-0.15, -0.1) is 0 Å². The molecule has 0 unspecified atom stereocenters. The lowest BCUT2D eigenvalue weighted by molar-refractivity contribution is 0.182. The number of piperidine rings is 1. The minimum atomic E-state index is -0.00681. The summed E-state index contributed by atoms with van der Waals surface area (Å²) in [5.41, 5.74) is 1.65. The van der Waals surface area contributed by atoms with Crippen LogP contribution in [0, 0.1) is 12.8 Å². The van der Waals surface area contributed by atoms with Crippen molar-refractivity contribution < 1.29 is 4.79 Å². The second kappa shape index (κ2) is 4.77. The third-order valence-corrected chi connectivity index (χ3v) is 3.20. The van der Waals surface area contributed by atoms with Crippen LogP contribution in [0.1, 0.15) is 25.5 Å². The number of anilines is 1. The standard InChI is InChI=1S/C12H20N4O/c1-9-5-4-6-16(7-9)12(17)13-11-8-15(3)14-10(11)2/h8-9H,4-7H2,1-3H3,(H,13,17)/t9-/m0/s1. The lowest BCUT2D eigenvalue weighted by atomic mass is 10.0. The highest BCUT2D eigenvalue weighted by atomic mass is 16.2. The van der Waals surface area contributed by atoms with Gasteiger partial charge in [0.05, 0.1) is 11.4 Å². The fourth-order valence-electron chi connectivity index (χ4n) is 2.29. The first-order valence-corrected chi connectivity index (χ1v) is 6.12. The van der Waals surface area contributed by atoms with Crippen LogP contribution >= 0.6 is 0 Å².